The number of amides is 1. The average Bonchev–Trinajstić information content (AvgIpc) is 2.62. The molecule has 1 N–H and O–H groups in total. The van der Waals surface area contributed by atoms with Gasteiger partial charge in [-0.25, -0.2) is 0 Å². The highest BCUT2D eigenvalue weighted by molar-refractivity contribution is 5.95. The molecule has 0 spiro atoms. The highest BCUT2D eigenvalue weighted by atomic mass is 16.6. The van der Waals surface area contributed by atoms with Crippen molar-refractivity contribution in [2.24, 2.45) is 0 Å². The smallest absolute Gasteiger partial charge is 0.318 e. The van der Waals surface area contributed by atoms with Gasteiger partial charge < -0.3 is 10.1 Å². The molecule has 0 radical (unpaired) electrons. The third-order valence-corrected chi connectivity index (χ3v) is 3.76. The summed E-state index contributed by atoms with van der Waals surface area (Å²) in [6.45, 7) is 1.55. The van der Waals surface area contributed by atoms with E-state index in [1.807, 2.05) is 12.1 Å². The fourth-order valence-electron chi connectivity index (χ4n) is 2.53. The summed E-state index contributed by atoms with van der Waals surface area (Å²) in [4.78, 5) is 23.3. The third-order valence-electron chi connectivity index (χ3n) is 3.76. The minimum absolute atomic E-state index is 0.0689. The Morgan fingerprint density at radius 2 is 1.72 bits per heavy atom. The molecule has 3 aromatic carbocycles. The number of rotatable bonds is 5. The Balaban J connectivity index is 1.85. The zero-order valence-corrected chi connectivity index (χ0v) is 13.5. The summed E-state index contributed by atoms with van der Waals surface area (Å²) < 4.78 is 5.60. The maximum atomic E-state index is 12.3. The number of carbonyl (C=O) groups is 1. The van der Waals surface area contributed by atoms with Gasteiger partial charge >= 0.3 is 5.69 Å². The van der Waals surface area contributed by atoms with Crippen molar-refractivity contribution in [3.05, 3.63) is 76.8 Å². The van der Waals surface area contributed by atoms with Crippen molar-refractivity contribution in [2.45, 2.75) is 13.0 Å². The Bertz CT molecular complexity index is 925. The molecule has 1 atom stereocenters. The topological polar surface area (TPSA) is 81.5 Å². The van der Waals surface area contributed by atoms with Crippen molar-refractivity contribution in [2.75, 3.05) is 5.32 Å². The summed E-state index contributed by atoms with van der Waals surface area (Å²) in [6, 6.07) is 19.2. The van der Waals surface area contributed by atoms with Crippen LogP contribution in [0.1, 0.15) is 6.92 Å². The van der Waals surface area contributed by atoms with Crippen molar-refractivity contribution in [3.63, 3.8) is 0 Å². The molecule has 3 aromatic rings. The molecule has 25 heavy (non-hydrogen) atoms. The Hall–Kier alpha value is -3.41. The van der Waals surface area contributed by atoms with Crippen molar-refractivity contribution in [3.8, 4) is 5.75 Å². The first kappa shape index (κ1) is 16.4. The van der Waals surface area contributed by atoms with Crippen molar-refractivity contribution >= 4 is 28.1 Å². The highest BCUT2D eigenvalue weighted by Gasteiger charge is 2.23. The molecule has 0 aromatic heterocycles. The van der Waals surface area contributed by atoms with E-state index in [-0.39, 0.29) is 17.3 Å². The van der Waals surface area contributed by atoms with Crippen molar-refractivity contribution in [1.29, 1.82) is 0 Å². The van der Waals surface area contributed by atoms with Crippen molar-refractivity contribution in [1.82, 2.24) is 0 Å². The van der Waals surface area contributed by atoms with E-state index < -0.39 is 11.0 Å². The largest absolute Gasteiger partial charge is 0.474 e. The molecular weight excluding hydrogens is 320 g/mol. The second-order valence-electron chi connectivity index (χ2n) is 5.51. The van der Waals surface area contributed by atoms with E-state index in [0.29, 0.717) is 11.1 Å². The predicted octanol–water partition coefficient (Wildman–Crippen LogP) is 4.15. The summed E-state index contributed by atoms with van der Waals surface area (Å²) in [5.41, 5.74) is 0.494. The predicted molar refractivity (Wildman–Crippen MR) is 95.8 cm³/mol. The lowest BCUT2D eigenvalue weighted by atomic mass is 10.1. The minimum atomic E-state index is -0.889. The lowest BCUT2D eigenvalue weighted by Gasteiger charge is -2.15. The highest BCUT2D eigenvalue weighted by Crippen LogP contribution is 2.35. The Morgan fingerprint density at radius 1 is 1.04 bits per heavy atom. The molecule has 0 saturated carbocycles. The summed E-state index contributed by atoms with van der Waals surface area (Å²) in [7, 11) is 0. The van der Waals surface area contributed by atoms with Crippen LogP contribution in [0.4, 0.5) is 11.4 Å². The van der Waals surface area contributed by atoms with E-state index in [4.69, 9.17) is 4.74 Å². The van der Waals surface area contributed by atoms with Crippen LogP contribution in [0.25, 0.3) is 10.8 Å². The number of nitrogens with one attached hydrogen (secondary N) is 1. The lowest BCUT2D eigenvalue weighted by molar-refractivity contribution is -0.384. The van der Waals surface area contributed by atoms with Crippen molar-refractivity contribution < 1.29 is 14.5 Å². The number of para-hydroxylation sites is 1. The van der Waals surface area contributed by atoms with Gasteiger partial charge in [-0.3, -0.25) is 14.9 Å². The van der Waals surface area contributed by atoms with Gasteiger partial charge in [0.05, 0.1) is 10.3 Å². The number of nitro groups is 1. The summed E-state index contributed by atoms with van der Waals surface area (Å²) in [6.07, 6.45) is -0.889. The van der Waals surface area contributed by atoms with E-state index in [1.54, 1.807) is 55.5 Å². The molecule has 0 aliphatic carbocycles. The average molecular weight is 336 g/mol. The van der Waals surface area contributed by atoms with Crippen LogP contribution in [0.15, 0.2) is 66.7 Å². The second-order valence-corrected chi connectivity index (χ2v) is 5.51. The molecule has 0 saturated heterocycles. The number of fused-ring (bicyclic) bond motifs is 1. The van der Waals surface area contributed by atoms with Gasteiger partial charge in [0, 0.05) is 5.69 Å². The number of benzene rings is 3. The first-order valence-corrected chi connectivity index (χ1v) is 7.75. The summed E-state index contributed by atoms with van der Waals surface area (Å²) in [5.74, 6) is -0.312. The van der Waals surface area contributed by atoms with Crippen LogP contribution in [0.2, 0.25) is 0 Å². The van der Waals surface area contributed by atoms with Gasteiger partial charge in [0.15, 0.2) is 11.9 Å². The van der Waals surface area contributed by atoms with Gasteiger partial charge in [0.2, 0.25) is 0 Å². The molecule has 0 bridgehead atoms. The summed E-state index contributed by atoms with van der Waals surface area (Å²) >= 11 is 0. The number of anilines is 1. The molecule has 1 amide bonds. The van der Waals surface area contributed by atoms with Crippen LogP contribution in [-0.2, 0) is 4.79 Å². The van der Waals surface area contributed by atoms with E-state index in [1.165, 1.54) is 6.07 Å². The van der Waals surface area contributed by atoms with E-state index in [9.17, 15) is 14.9 Å². The second kappa shape index (κ2) is 7.00. The van der Waals surface area contributed by atoms with Gasteiger partial charge in [0.25, 0.3) is 5.91 Å². The Kier molecular flexibility index (Phi) is 4.61. The zero-order valence-electron chi connectivity index (χ0n) is 13.5. The molecule has 3 rings (SSSR count). The van der Waals surface area contributed by atoms with Crippen LogP contribution in [0.5, 0.6) is 5.75 Å². The van der Waals surface area contributed by atoms with E-state index in [0.717, 1.165) is 5.39 Å². The molecule has 0 heterocycles. The molecule has 0 fully saturated rings. The molecule has 126 valence electrons. The zero-order chi connectivity index (χ0) is 17.8. The fraction of sp³-hybridized carbons (Fsp3) is 0.105. The standard InChI is InChI=1S/C19H16N2O4/c1-13(19(22)20-15-8-3-2-4-9-15)25-17-12-11-14-7-5-6-10-16(14)18(17)21(23)24/h2-13H,1H3,(H,20,22)/t13-/m0/s1. The Labute approximate surface area is 144 Å². The number of carbonyl (C=O) groups excluding carboxylic acids is 1. The van der Waals surface area contributed by atoms with E-state index >= 15 is 0 Å². The van der Waals surface area contributed by atoms with E-state index in [2.05, 4.69) is 5.32 Å². The fourth-order valence-corrected chi connectivity index (χ4v) is 2.53. The monoisotopic (exact) mass is 336 g/mol. The van der Waals surface area contributed by atoms with Crippen LogP contribution < -0.4 is 10.1 Å². The maximum absolute atomic E-state index is 12.3. The quantitative estimate of drug-likeness (QED) is 0.560. The minimum Gasteiger partial charge on any atom is -0.474 e. The van der Waals surface area contributed by atoms with Crippen LogP contribution in [0, 0.1) is 10.1 Å². The number of ether oxygens (including phenoxy) is 1. The number of nitro benzene ring substituents is 1. The normalized spacial score (nSPS) is 11.7. The first-order valence-electron chi connectivity index (χ1n) is 7.75. The van der Waals surface area contributed by atoms with Crippen LogP contribution in [0.3, 0.4) is 0 Å². The van der Waals surface area contributed by atoms with Gasteiger partial charge in [-0.05, 0) is 36.6 Å². The van der Waals surface area contributed by atoms with Crippen LogP contribution in [-0.4, -0.2) is 16.9 Å². The molecule has 0 aliphatic rings. The SMILES string of the molecule is C[C@H](Oc1ccc2ccccc2c1[N+](=O)[O-])C(=O)Nc1ccccc1. The molecule has 6 nitrogen and oxygen atoms in total. The summed E-state index contributed by atoms with van der Waals surface area (Å²) in [5, 5.41) is 15.4. The molecule has 0 unspecified atom stereocenters. The van der Waals surface area contributed by atoms with Gasteiger partial charge in [-0.15, -0.1) is 0 Å². The lowest BCUT2D eigenvalue weighted by Crippen LogP contribution is -2.30. The Morgan fingerprint density at radius 3 is 2.44 bits per heavy atom. The molecule has 0 aliphatic heterocycles. The number of hydrogen-bond acceptors (Lipinski definition) is 4. The van der Waals surface area contributed by atoms with Gasteiger partial charge in [-0.1, -0.05) is 42.5 Å². The molecular formula is C19H16N2O4. The maximum Gasteiger partial charge on any atom is 0.318 e. The molecule has 6 heteroatoms. The number of nitrogens with zero attached hydrogens (tertiary/aromatic N) is 1. The number of hydrogen-bond donors (Lipinski definition) is 1. The first-order chi connectivity index (χ1) is 12.1. The van der Waals surface area contributed by atoms with Crippen LogP contribution >= 0.6 is 0 Å². The third kappa shape index (κ3) is 3.58. The van der Waals surface area contributed by atoms with Gasteiger partial charge in [-0.2, -0.15) is 0 Å². The van der Waals surface area contributed by atoms with Gasteiger partial charge in [0.1, 0.15) is 0 Å².